The number of anilines is 1. The number of hydrogen-bond donors (Lipinski definition) is 1. The van der Waals surface area contributed by atoms with Gasteiger partial charge < -0.3 is 15.0 Å². The van der Waals surface area contributed by atoms with E-state index in [1.807, 2.05) is 23.1 Å². The predicted molar refractivity (Wildman–Crippen MR) is 95.8 cm³/mol. The second-order valence-corrected chi connectivity index (χ2v) is 7.38. The van der Waals surface area contributed by atoms with Crippen molar-refractivity contribution >= 4 is 35.0 Å². The normalized spacial score (nSPS) is 14.8. The molecule has 2 aromatic heterocycles. The van der Waals surface area contributed by atoms with Crippen molar-refractivity contribution in [2.75, 3.05) is 43.5 Å². The number of amides is 1. The first-order valence-corrected chi connectivity index (χ1v) is 9.74. The molecule has 130 valence electrons. The summed E-state index contributed by atoms with van der Waals surface area (Å²) < 4.78 is 7.29. The van der Waals surface area contributed by atoms with E-state index >= 15 is 0 Å². The molecule has 1 amide bonds. The van der Waals surface area contributed by atoms with Gasteiger partial charge in [-0.1, -0.05) is 17.8 Å². The Balaban J connectivity index is 1.44. The van der Waals surface area contributed by atoms with Crippen LogP contribution in [0.25, 0.3) is 0 Å². The average Bonchev–Trinajstić information content (AvgIpc) is 3.24. The molecular weight excluding hydrogens is 346 g/mol. The first kappa shape index (κ1) is 17.2. The van der Waals surface area contributed by atoms with Crippen LogP contribution in [0.2, 0.25) is 0 Å². The lowest BCUT2D eigenvalue weighted by atomic mass is 10.3. The largest absolute Gasteiger partial charge is 0.378 e. The summed E-state index contributed by atoms with van der Waals surface area (Å²) in [5, 5.41) is 14.2. The van der Waals surface area contributed by atoms with E-state index in [2.05, 4.69) is 26.5 Å². The summed E-state index contributed by atoms with van der Waals surface area (Å²) in [6, 6.07) is 4.11. The third kappa shape index (κ3) is 4.49. The van der Waals surface area contributed by atoms with Crippen molar-refractivity contribution in [2.24, 2.45) is 7.05 Å². The highest BCUT2D eigenvalue weighted by atomic mass is 32.2. The van der Waals surface area contributed by atoms with E-state index in [-0.39, 0.29) is 5.91 Å². The van der Waals surface area contributed by atoms with Crippen LogP contribution in [0.3, 0.4) is 0 Å². The van der Waals surface area contributed by atoms with Crippen molar-refractivity contribution in [3.63, 3.8) is 0 Å². The van der Waals surface area contributed by atoms with Gasteiger partial charge in [0.15, 0.2) is 5.16 Å². The van der Waals surface area contributed by atoms with Gasteiger partial charge in [-0.15, -0.1) is 21.5 Å². The Labute approximate surface area is 149 Å². The fraction of sp³-hybridized carbons (Fsp3) is 0.533. The fourth-order valence-electron chi connectivity index (χ4n) is 2.43. The van der Waals surface area contributed by atoms with Crippen LogP contribution in [0.15, 0.2) is 22.7 Å². The molecule has 0 saturated carbocycles. The van der Waals surface area contributed by atoms with Crippen molar-refractivity contribution in [3.05, 3.63) is 22.4 Å². The van der Waals surface area contributed by atoms with Crippen LogP contribution < -0.4 is 10.2 Å². The number of hydrogen-bond acceptors (Lipinski definition) is 7. The van der Waals surface area contributed by atoms with Gasteiger partial charge in [0.05, 0.1) is 19.0 Å². The molecule has 1 fully saturated rings. The number of nitrogens with zero attached hydrogens (tertiary/aromatic N) is 4. The lowest BCUT2D eigenvalue weighted by Gasteiger charge is -2.27. The average molecular weight is 368 g/mol. The summed E-state index contributed by atoms with van der Waals surface area (Å²) in [7, 11) is 1.93. The highest BCUT2D eigenvalue weighted by molar-refractivity contribution is 7.99. The Morgan fingerprint density at radius 1 is 1.42 bits per heavy atom. The summed E-state index contributed by atoms with van der Waals surface area (Å²) in [5.41, 5.74) is 0. The van der Waals surface area contributed by atoms with Gasteiger partial charge in [0, 0.05) is 31.6 Å². The number of carbonyl (C=O) groups is 1. The van der Waals surface area contributed by atoms with Gasteiger partial charge >= 0.3 is 0 Å². The number of ether oxygens (including phenoxy) is 1. The minimum atomic E-state index is 0.0208. The van der Waals surface area contributed by atoms with E-state index in [4.69, 9.17) is 4.74 Å². The molecule has 1 aliphatic heterocycles. The van der Waals surface area contributed by atoms with Crippen LogP contribution in [0.4, 0.5) is 5.95 Å². The Kier molecular flexibility index (Phi) is 6.11. The van der Waals surface area contributed by atoms with E-state index in [9.17, 15) is 4.79 Å². The number of aromatic nitrogens is 3. The van der Waals surface area contributed by atoms with Gasteiger partial charge in [-0.2, -0.15) is 0 Å². The second kappa shape index (κ2) is 8.50. The van der Waals surface area contributed by atoms with Gasteiger partial charge in [0.25, 0.3) is 0 Å². The molecule has 7 nitrogen and oxygen atoms in total. The molecule has 1 N–H and O–H groups in total. The zero-order valence-corrected chi connectivity index (χ0v) is 15.2. The minimum Gasteiger partial charge on any atom is -0.378 e. The molecule has 0 unspecified atom stereocenters. The Morgan fingerprint density at radius 2 is 2.25 bits per heavy atom. The standard InChI is InChI=1S/C15H21N5O2S2/c1-19-14(20-6-8-22-9-7-20)17-18-15(19)24-11-13(21)16-5-4-12-3-2-10-23-12/h2-3,10H,4-9,11H2,1H3,(H,16,21). The van der Waals surface area contributed by atoms with Crippen LogP contribution in [0.1, 0.15) is 4.88 Å². The van der Waals surface area contributed by atoms with E-state index in [0.29, 0.717) is 25.5 Å². The molecule has 24 heavy (non-hydrogen) atoms. The predicted octanol–water partition coefficient (Wildman–Crippen LogP) is 1.16. The topological polar surface area (TPSA) is 72.3 Å². The van der Waals surface area contributed by atoms with E-state index in [0.717, 1.165) is 30.6 Å². The summed E-state index contributed by atoms with van der Waals surface area (Å²) >= 11 is 3.12. The van der Waals surface area contributed by atoms with Crippen LogP contribution in [0.5, 0.6) is 0 Å². The smallest absolute Gasteiger partial charge is 0.230 e. The molecule has 9 heteroatoms. The van der Waals surface area contributed by atoms with Crippen molar-refractivity contribution in [3.8, 4) is 0 Å². The first-order valence-electron chi connectivity index (χ1n) is 7.88. The molecular formula is C15H21N5O2S2. The quantitative estimate of drug-likeness (QED) is 0.741. The zero-order chi connectivity index (χ0) is 16.8. The Hall–Kier alpha value is -1.58. The highest BCUT2D eigenvalue weighted by Gasteiger charge is 2.18. The van der Waals surface area contributed by atoms with E-state index in [1.54, 1.807) is 11.3 Å². The molecule has 0 radical (unpaired) electrons. The number of morpholine rings is 1. The maximum absolute atomic E-state index is 12.0. The molecule has 3 heterocycles. The molecule has 0 aromatic carbocycles. The van der Waals surface area contributed by atoms with Gasteiger partial charge in [0.1, 0.15) is 0 Å². The van der Waals surface area contributed by atoms with Gasteiger partial charge in [-0.05, 0) is 17.9 Å². The first-order chi connectivity index (χ1) is 11.7. The van der Waals surface area contributed by atoms with Gasteiger partial charge in [-0.3, -0.25) is 9.36 Å². The minimum absolute atomic E-state index is 0.0208. The van der Waals surface area contributed by atoms with Crippen LogP contribution in [-0.4, -0.2) is 59.3 Å². The number of nitrogens with one attached hydrogen (secondary N) is 1. The molecule has 0 atom stereocenters. The summed E-state index contributed by atoms with van der Waals surface area (Å²) in [6.07, 6.45) is 0.874. The monoisotopic (exact) mass is 367 g/mol. The Morgan fingerprint density at radius 3 is 3.00 bits per heavy atom. The molecule has 1 saturated heterocycles. The number of thioether (sulfide) groups is 1. The van der Waals surface area contributed by atoms with E-state index in [1.165, 1.54) is 16.6 Å². The van der Waals surface area contributed by atoms with Gasteiger partial charge in [0.2, 0.25) is 11.9 Å². The maximum atomic E-state index is 12.0. The highest BCUT2D eigenvalue weighted by Crippen LogP contribution is 2.20. The number of thiophene rings is 1. The Bertz CT molecular complexity index is 653. The van der Waals surface area contributed by atoms with Crippen molar-refractivity contribution in [2.45, 2.75) is 11.6 Å². The maximum Gasteiger partial charge on any atom is 0.230 e. The number of rotatable bonds is 7. The summed E-state index contributed by atoms with van der Waals surface area (Å²) in [6.45, 7) is 3.72. The van der Waals surface area contributed by atoms with Crippen LogP contribution in [0, 0.1) is 0 Å². The van der Waals surface area contributed by atoms with Crippen LogP contribution in [-0.2, 0) is 23.0 Å². The number of carbonyl (C=O) groups excluding carboxylic acids is 1. The molecule has 0 aliphatic carbocycles. The molecule has 0 bridgehead atoms. The summed E-state index contributed by atoms with van der Waals surface area (Å²) in [5.74, 6) is 1.20. The summed E-state index contributed by atoms with van der Waals surface area (Å²) in [4.78, 5) is 15.4. The molecule has 1 aliphatic rings. The van der Waals surface area contributed by atoms with Crippen molar-refractivity contribution in [1.29, 1.82) is 0 Å². The lowest BCUT2D eigenvalue weighted by Crippen LogP contribution is -2.37. The fourth-order valence-corrected chi connectivity index (χ4v) is 3.88. The van der Waals surface area contributed by atoms with Crippen LogP contribution >= 0.6 is 23.1 Å². The third-order valence-corrected chi connectivity index (χ3v) is 5.67. The van der Waals surface area contributed by atoms with E-state index < -0.39 is 0 Å². The second-order valence-electron chi connectivity index (χ2n) is 5.41. The van der Waals surface area contributed by atoms with Crippen molar-refractivity contribution in [1.82, 2.24) is 20.1 Å². The third-order valence-electron chi connectivity index (χ3n) is 3.71. The molecule has 2 aromatic rings. The van der Waals surface area contributed by atoms with Crippen molar-refractivity contribution < 1.29 is 9.53 Å². The lowest BCUT2D eigenvalue weighted by molar-refractivity contribution is -0.118. The van der Waals surface area contributed by atoms with Gasteiger partial charge in [-0.25, -0.2) is 0 Å². The zero-order valence-electron chi connectivity index (χ0n) is 13.6. The SMILES string of the molecule is Cn1c(SCC(=O)NCCc2cccs2)nnc1N1CCOCC1. The molecule has 3 rings (SSSR count). The molecule has 0 spiro atoms.